The zero-order valence-electron chi connectivity index (χ0n) is 11.1. The summed E-state index contributed by atoms with van der Waals surface area (Å²) in [6.45, 7) is 1.92. The van der Waals surface area contributed by atoms with Gasteiger partial charge in [-0.2, -0.15) is 0 Å². The van der Waals surface area contributed by atoms with Gasteiger partial charge in [-0.05, 0) is 31.9 Å². The van der Waals surface area contributed by atoms with E-state index in [-0.39, 0.29) is 11.2 Å². The van der Waals surface area contributed by atoms with E-state index in [1.807, 2.05) is 19.1 Å². The van der Waals surface area contributed by atoms with Crippen LogP contribution in [0.1, 0.15) is 43.0 Å². The van der Waals surface area contributed by atoms with Crippen LogP contribution in [0.3, 0.4) is 0 Å². The summed E-state index contributed by atoms with van der Waals surface area (Å²) < 4.78 is 0. The van der Waals surface area contributed by atoms with Crippen LogP contribution in [0.5, 0.6) is 0 Å². The van der Waals surface area contributed by atoms with Gasteiger partial charge in [-0.15, -0.1) is 11.8 Å². The van der Waals surface area contributed by atoms with E-state index >= 15 is 0 Å². The lowest BCUT2D eigenvalue weighted by Gasteiger charge is -2.16. The first kappa shape index (κ1) is 14.1. The molecule has 102 valence electrons. The monoisotopic (exact) mass is 277 g/mol. The average molecular weight is 277 g/mol. The molecule has 1 aliphatic carbocycles. The molecule has 0 spiro atoms. The van der Waals surface area contributed by atoms with Gasteiger partial charge in [0.1, 0.15) is 6.29 Å². The van der Waals surface area contributed by atoms with E-state index in [1.165, 1.54) is 24.6 Å². The highest BCUT2D eigenvalue weighted by atomic mass is 32.2. The summed E-state index contributed by atoms with van der Waals surface area (Å²) in [5.41, 5.74) is 0.660. The number of amides is 1. The Balaban J connectivity index is 1.86. The molecule has 1 aromatic carbocycles. The van der Waals surface area contributed by atoms with Gasteiger partial charge in [0.25, 0.3) is 0 Å². The smallest absolute Gasteiger partial charge is 0.233 e. The minimum absolute atomic E-state index is 0.108. The van der Waals surface area contributed by atoms with Gasteiger partial charge >= 0.3 is 0 Å². The predicted octanol–water partition coefficient (Wildman–Crippen LogP) is 3.04. The molecule has 0 aliphatic heterocycles. The van der Waals surface area contributed by atoms with Crippen LogP contribution >= 0.6 is 11.8 Å². The van der Waals surface area contributed by atoms with Gasteiger partial charge in [0.05, 0.1) is 5.25 Å². The molecule has 0 aromatic heterocycles. The maximum absolute atomic E-state index is 12.0. The van der Waals surface area contributed by atoms with Gasteiger partial charge in [-0.1, -0.05) is 25.0 Å². The van der Waals surface area contributed by atoms with E-state index in [1.54, 1.807) is 12.1 Å². The van der Waals surface area contributed by atoms with Crippen molar-refractivity contribution < 1.29 is 9.59 Å². The van der Waals surface area contributed by atoms with Crippen LogP contribution < -0.4 is 5.32 Å². The van der Waals surface area contributed by atoms with Crippen LogP contribution in [0, 0.1) is 0 Å². The SMILES string of the molecule is CC(Sc1ccc(C=O)cc1)C(=O)NC1CCCC1. The van der Waals surface area contributed by atoms with E-state index in [0.717, 1.165) is 24.0 Å². The Labute approximate surface area is 118 Å². The minimum Gasteiger partial charge on any atom is -0.352 e. The summed E-state index contributed by atoms with van der Waals surface area (Å²) in [5, 5.41) is 3.00. The summed E-state index contributed by atoms with van der Waals surface area (Å²) in [7, 11) is 0. The molecule has 0 radical (unpaired) electrons. The quantitative estimate of drug-likeness (QED) is 0.664. The molecule has 3 nitrogen and oxygen atoms in total. The zero-order valence-corrected chi connectivity index (χ0v) is 11.9. The number of aldehydes is 1. The summed E-state index contributed by atoms with van der Waals surface area (Å²) in [6, 6.07) is 7.68. The molecule has 1 atom stereocenters. The van der Waals surface area contributed by atoms with Crippen molar-refractivity contribution in [2.24, 2.45) is 0 Å². The standard InChI is InChI=1S/C15H19NO2S/c1-11(15(18)16-13-4-2-3-5-13)19-14-8-6-12(10-17)7-9-14/h6-11,13H,2-5H2,1H3,(H,16,18). The van der Waals surface area contributed by atoms with Crippen molar-refractivity contribution >= 4 is 24.0 Å². The molecule has 1 aliphatic rings. The first-order valence-electron chi connectivity index (χ1n) is 6.71. The molecule has 19 heavy (non-hydrogen) atoms. The van der Waals surface area contributed by atoms with Crippen molar-refractivity contribution in [2.75, 3.05) is 0 Å². The molecule has 1 amide bonds. The number of thioether (sulfide) groups is 1. The first-order chi connectivity index (χ1) is 9.19. The van der Waals surface area contributed by atoms with Crippen LogP contribution in [0.25, 0.3) is 0 Å². The number of rotatable bonds is 5. The first-order valence-corrected chi connectivity index (χ1v) is 7.59. The highest BCUT2D eigenvalue weighted by molar-refractivity contribution is 8.00. The van der Waals surface area contributed by atoms with Crippen molar-refractivity contribution in [3.05, 3.63) is 29.8 Å². The minimum atomic E-state index is -0.109. The Bertz CT molecular complexity index is 438. The second kappa shape index (κ2) is 6.75. The van der Waals surface area contributed by atoms with Gasteiger partial charge in [0.2, 0.25) is 5.91 Å². The third-order valence-electron chi connectivity index (χ3n) is 3.40. The maximum atomic E-state index is 12.0. The largest absolute Gasteiger partial charge is 0.352 e. The second-order valence-corrected chi connectivity index (χ2v) is 6.35. The molecular weight excluding hydrogens is 258 g/mol. The Morgan fingerprint density at radius 1 is 1.32 bits per heavy atom. The third-order valence-corrected chi connectivity index (χ3v) is 4.51. The number of nitrogens with one attached hydrogen (secondary N) is 1. The van der Waals surface area contributed by atoms with Crippen LogP contribution in [-0.4, -0.2) is 23.5 Å². The molecule has 0 saturated heterocycles. The van der Waals surface area contributed by atoms with Crippen LogP contribution in [-0.2, 0) is 4.79 Å². The molecule has 4 heteroatoms. The molecule has 1 aromatic rings. The summed E-state index contributed by atoms with van der Waals surface area (Å²) in [4.78, 5) is 23.6. The van der Waals surface area contributed by atoms with Gasteiger partial charge in [-0.25, -0.2) is 0 Å². The second-order valence-electron chi connectivity index (χ2n) is 4.94. The van der Waals surface area contributed by atoms with Crippen LogP contribution in [0.4, 0.5) is 0 Å². The van der Waals surface area contributed by atoms with E-state index in [9.17, 15) is 9.59 Å². The van der Waals surface area contributed by atoms with Crippen molar-refractivity contribution in [2.45, 2.75) is 48.8 Å². The summed E-state index contributed by atoms with van der Waals surface area (Å²) >= 11 is 1.53. The fraction of sp³-hybridized carbons (Fsp3) is 0.467. The normalized spacial score (nSPS) is 17.1. The number of hydrogen-bond donors (Lipinski definition) is 1. The van der Waals surface area contributed by atoms with E-state index in [0.29, 0.717) is 11.6 Å². The number of benzene rings is 1. The van der Waals surface area contributed by atoms with Gasteiger partial charge in [-0.3, -0.25) is 9.59 Å². The van der Waals surface area contributed by atoms with Crippen molar-refractivity contribution in [1.29, 1.82) is 0 Å². The zero-order chi connectivity index (χ0) is 13.7. The van der Waals surface area contributed by atoms with E-state index in [4.69, 9.17) is 0 Å². The van der Waals surface area contributed by atoms with Gasteiger partial charge < -0.3 is 5.32 Å². The maximum Gasteiger partial charge on any atom is 0.233 e. The Morgan fingerprint density at radius 2 is 1.95 bits per heavy atom. The molecular formula is C15H19NO2S. The van der Waals surface area contributed by atoms with Gasteiger partial charge in [0, 0.05) is 16.5 Å². The highest BCUT2D eigenvalue weighted by Crippen LogP contribution is 2.24. The molecule has 1 fully saturated rings. The van der Waals surface area contributed by atoms with Crippen LogP contribution in [0.15, 0.2) is 29.2 Å². The topological polar surface area (TPSA) is 46.2 Å². The highest BCUT2D eigenvalue weighted by Gasteiger charge is 2.21. The lowest BCUT2D eigenvalue weighted by molar-refractivity contribution is -0.120. The molecule has 0 bridgehead atoms. The lowest BCUT2D eigenvalue weighted by atomic mass is 10.2. The third kappa shape index (κ3) is 4.10. The summed E-state index contributed by atoms with van der Waals surface area (Å²) in [5.74, 6) is 0.108. The van der Waals surface area contributed by atoms with E-state index < -0.39 is 0 Å². The average Bonchev–Trinajstić information content (AvgIpc) is 2.92. The fourth-order valence-electron chi connectivity index (χ4n) is 2.27. The Hall–Kier alpha value is -1.29. The fourth-order valence-corrected chi connectivity index (χ4v) is 3.15. The lowest BCUT2D eigenvalue weighted by Crippen LogP contribution is -2.37. The van der Waals surface area contributed by atoms with E-state index in [2.05, 4.69) is 5.32 Å². The molecule has 2 rings (SSSR count). The number of carbonyl (C=O) groups is 2. The summed E-state index contributed by atoms with van der Waals surface area (Å²) in [6.07, 6.45) is 5.48. The number of hydrogen-bond acceptors (Lipinski definition) is 3. The van der Waals surface area contributed by atoms with Crippen molar-refractivity contribution in [1.82, 2.24) is 5.32 Å². The number of carbonyl (C=O) groups excluding carboxylic acids is 2. The molecule has 1 saturated carbocycles. The predicted molar refractivity (Wildman–Crippen MR) is 77.5 cm³/mol. The Morgan fingerprint density at radius 3 is 2.53 bits per heavy atom. The molecule has 1 unspecified atom stereocenters. The molecule has 0 heterocycles. The van der Waals surface area contributed by atoms with Gasteiger partial charge in [0.15, 0.2) is 0 Å². The molecule has 1 N–H and O–H groups in total. The van der Waals surface area contributed by atoms with Crippen molar-refractivity contribution in [3.8, 4) is 0 Å². The Kier molecular flexibility index (Phi) is 5.02. The van der Waals surface area contributed by atoms with Crippen molar-refractivity contribution in [3.63, 3.8) is 0 Å². The van der Waals surface area contributed by atoms with Crippen LogP contribution in [0.2, 0.25) is 0 Å².